The molecule has 0 aromatic carbocycles. The maximum Gasteiger partial charge on any atom is 0.0547 e. The van der Waals surface area contributed by atoms with Crippen molar-refractivity contribution >= 4 is 23.1 Å². The van der Waals surface area contributed by atoms with Gasteiger partial charge in [-0.05, 0) is 24.7 Å². The molecule has 0 saturated heterocycles. The molecule has 4 nitrogen and oxygen atoms in total. The van der Waals surface area contributed by atoms with Crippen molar-refractivity contribution in [1.82, 2.24) is 4.98 Å². The molecular formula is C13H23N3OS. The molecule has 0 radical (unpaired) electrons. The average molecular weight is 269 g/mol. The maximum atomic E-state index is 8.66. The van der Waals surface area contributed by atoms with Gasteiger partial charge in [0.2, 0.25) is 0 Å². The van der Waals surface area contributed by atoms with E-state index in [9.17, 15) is 0 Å². The highest BCUT2D eigenvalue weighted by Crippen LogP contribution is 2.13. The Hall–Kier alpha value is -0.940. The summed E-state index contributed by atoms with van der Waals surface area (Å²) in [6.07, 6.45) is 5.67. The van der Waals surface area contributed by atoms with Gasteiger partial charge in [-0.3, -0.25) is 4.98 Å². The molecule has 18 heavy (non-hydrogen) atoms. The third-order valence-corrected chi connectivity index (χ3v) is 3.41. The molecule has 1 heterocycles. The highest BCUT2D eigenvalue weighted by Gasteiger charge is 1.96. The highest BCUT2D eigenvalue weighted by atomic mass is 32.2. The summed E-state index contributed by atoms with van der Waals surface area (Å²) in [6.45, 7) is 4.33. The number of rotatable bonds is 10. The molecule has 1 aromatic heterocycles. The largest absolute Gasteiger partial charge is 0.396 e. The van der Waals surface area contributed by atoms with Crippen LogP contribution < -0.4 is 10.6 Å². The van der Waals surface area contributed by atoms with Crippen molar-refractivity contribution in [3.05, 3.63) is 18.5 Å². The molecule has 0 bridgehead atoms. The summed E-state index contributed by atoms with van der Waals surface area (Å²) in [5, 5.41) is 15.3. The summed E-state index contributed by atoms with van der Waals surface area (Å²) < 4.78 is 0. The van der Waals surface area contributed by atoms with Gasteiger partial charge in [0.15, 0.2) is 0 Å². The van der Waals surface area contributed by atoms with Crippen molar-refractivity contribution in [2.24, 2.45) is 0 Å². The number of hydrogen-bond donors (Lipinski definition) is 3. The number of aliphatic hydroxyl groups excluding tert-OH is 1. The third kappa shape index (κ3) is 6.71. The van der Waals surface area contributed by atoms with Crippen LogP contribution in [0.4, 0.5) is 11.4 Å². The van der Waals surface area contributed by atoms with Crippen molar-refractivity contribution in [2.75, 3.05) is 41.8 Å². The predicted molar refractivity (Wildman–Crippen MR) is 80.5 cm³/mol. The van der Waals surface area contributed by atoms with E-state index >= 15 is 0 Å². The first-order chi connectivity index (χ1) is 8.86. The molecule has 0 amide bonds. The van der Waals surface area contributed by atoms with Crippen LogP contribution in [0.25, 0.3) is 0 Å². The van der Waals surface area contributed by atoms with Crippen molar-refractivity contribution in [1.29, 1.82) is 0 Å². The lowest BCUT2D eigenvalue weighted by Gasteiger charge is -2.08. The van der Waals surface area contributed by atoms with Crippen molar-refractivity contribution in [3.8, 4) is 0 Å². The molecule has 0 unspecified atom stereocenters. The fourth-order valence-electron chi connectivity index (χ4n) is 1.44. The fourth-order valence-corrected chi connectivity index (χ4v) is 2.22. The normalized spacial score (nSPS) is 10.3. The monoisotopic (exact) mass is 269 g/mol. The molecule has 0 spiro atoms. The Kier molecular flexibility index (Phi) is 8.42. The molecule has 1 rings (SSSR count). The van der Waals surface area contributed by atoms with Crippen molar-refractivity contribution in [2.45, 2.75) is 19.8 Å². The SMILES string of the molecule is CCCNc1cncc(NCCSCCCO)c1. The van der Waals surface area contributed by atoms with Gasteiger partial charge in [-0.25, -0.2) is 0 Å². The van der Waals surface area contributed by atoms with Gasteiger partial charge < -0.3 is 15.7 Å². The lowest BCUT2D eigenvalue weighted by atomic mass is 10.3. The Morgan fingerprint density at radius 3 is 2.56 bits per heavy atom. The summed E-state index contributed by atoms with van der Waals surface area (Å²) in [6, 6.07) is 2.08. The lowest BCUT2D eigenvalue weighted by molar-refractivity contribution is 0.296. The molecular weight excluding hydrogens is 246 g/mol. The van der Waals surface area contributed by atoms with Crippen LogP contribution in [0.15, 0.2) is 18.5 Å². The minimum Gasteiger partial charge on any atom is -0.396 e. The number of pyridine rings is 1. The number of aromatic nitrogens is 1. The Morgan fingerprint density at radius 1 is 1.17 bits per heavy atom. The van der Waals surface area contributed by atoms with E-state index in [-0.39, 0.29) is 6.61 Å². The van der Waals surface area contributed by atoms with Gasteiger partial charge in [0, 0.05) is 25.4 Å². The first kappa shape index (κ1) is 15.1. The van der Waals surface area contributed by atoms with Gasteiger partial charge in [-0.15, -0.1) is 0 Å². The van der Waals surface area contributed by atoms with Gasteiger partial charge in [0.1, 0.15) is 0 Å². The topological polar surface area (TPSA) is 57.2 Å². The van der Waals surface area contributed by atoms with E-state index < -0.39 is 0 Å². The van der Waals surface area contributed by atoms with Gasteiger partial charge in [-0.1, -0.05) is 6.92 Å². The smallest absolute Gasteiger partial charge is 0.0547 e. The predicted octanol–water partition coefficient (Wildman–Crippen LogP) is 2.43. The second kappa shape index (κ2) is 10.0. The number of hydrogen-bond acceptors (Lipinski definition) is 5. The lowest BCUT2D eigenvalue weighted by Crippen LogP contribution is -2.06. The van der Waals surface area contributed by atoms with E-state index in [1.54, 1.807) is 0 Å². The van der Waals surface area contributed by atoms with E-state index in [1.807, 2.05) is 24.2 Å². The maximum absolute atomic E-state index is 8.66. The first-order valence-electron chi connectivity index (χ1n) is 6.48. The molecule has 0 fully saturated rings. The number of nitrogens with zero attached hydrogens (tertiary/aromatic N) is 1. The minimum atomic E-state index is 0.287. The Morgan fingerprint density at radius 2 is 1.89 bits per heavy atom. The van der Waals surface area contributed by atoms with Crippen molar-refractivity contribution < 1.29 is 5.11 Å². The molecule has 0 aliphatic carbocycles. The van der Waals surface area contributed by atoms with E-state index in [0.29, 0.717) is 0 Å². The van der Waals surface area contributed by atoms with Crippen LogP contribution >= 0.6 is 11.8 Å². The van der Waals surface area contributed by atoms with Gasteiger partial charge in [0.05, 0.1) is 23.8 Å². The molecule has 102 valence electrons. The summed E-state index contributed by atoms with van der Waals surface area (Å²) >= 11 is 1.86. The molecule has 0 saturated carbocycles. The summed E-state index contributed by atoms with van der Waals surface area (Å²) in [7, 11) is 0. The van der Waals surface area contributed by atoms with Gasteiger partial charge in [0.25, 0.3) is 0 Å². The van der Waals surface area contributed by atoms with E-state index in [1.165, 1.54) is 0 Å². The number of anilines is 2. The van der Waals surface area contributed by atoms with Crippen LogP contribution in [0.2, 0.25) is 0 Å². The second-order valence-corrected chi connectivity index (χ2v) is 5.23. The number of nitrogens with one attached hydrogen (secondary N) is 2. The van der Waals surface area contributed by atoms with Crippen LogP contribution in [0, 0.1) is 0 Å². The van der Waals surface area contributed by atoms with Crippen LogP contribution in [0.3, 0.4) is 0 Å². The van der Waals surface area contributed by atoms with Crippen LogP contribution in [-0.2, 0) is 0 Å². The molecule has 3 N–H and O–H groups in total. The fraction of sp³-hybridized carbons (Fsp3) is 0.615. The molecule has 0 atom stereocenters. The van der Waals surface area contributed by atoms with E-state index in [2.05, 4.69) is 28.6 Å². The standard InChI is InChI=1S/C13H23N3OS/c1-2-4-15-12-9-13(11-14-10-12)16-5-8-18-7-3-6-17/h9-11,15-17H,2-8H2,1H3. The second-order valence-electron chi connectivity index (χ2n) is 4.01. The van der Waals surface area contributed by atoms with Gasteiger partial charge in [-0.2, -0.15) is 11.8 Å². The Balaban J connectivity index is 2.20. The summed E-state index contributed by atoms with van der Waals surface area (Å²) in [5.41, 5.74) is 2.12. The van der Waals surface area contributed by atoms with Gasteiger partial charge >= 0.3 is 0 Å². The van der Waals surface area contributed by atoms with E-state index in [4.69, 9.17) is 5.11 Å². The molecule has 5 heteroatoms. The van der Waals surface area contributed by atoms with Crippen molar-refractivity contribution in [3.63, 3.8) is 0 Å². The molecule has 1 aromatic rings. The van der Waals surface area contributed by atoms with Crippen LogP contribution in [0.5, 0.6) is 0 Å². The minimum absolute atomic E-state index is 0.287. The average Bonchev–Trinajstić information content (AvgIpc) is 2.41. The zero-order valence-electron chi connectivity index (χ0n) is 11.0. The van der Waals surface area contributed by atoms with E-state index in [0.717, 1.165) is 48.8 Å². The Bertz CT molecular complexity index is 323. The molecule has 0 aliphatic rings. The molecule has 0 aliphatic heterocycles. The number of aliphatic hydroxyl groups is 1. The van der Waals surface area contributed by atoms with Crippen LogP contribution in [0.1, 0.15) is 19.8 Å². The van der Waals surface area contributed by atoms with Crippen LogP contribution in [-0.4, -0.2) is 41.3 Å². The highest BCUT2D eigenvalue weighted by molar-refractivity contribution is 7.99. The quantitative estimate of drug-likeness (QED) is 0.570. The first-order valence-corrected chi connectivity index (χ1v) is 7.63. The Labute approximate surface area is 114 Å². The summed E-state index contributed by atoms with van der Waals surface area (Å²) in [5.74, 6) is 2.07. The zero-order valence-corrected chi connectivity index (χ0v) is 11.8. The number of thioether (sulfide) groups is 1. The zero-order chi connectivity index (χ0) is 13.1. The third-order valence-electron chi connectivity index (χ3n) is 2.34. The summed E-state index contributed by atoms with van der Waals surface area (Å²) in [4.78, 5) is 4.20.